The highest BCUT2D eigenvalue weighted by atomic mass is 19.1. The molecule has 0 aliphatic carbocycles. The van der Waals surface area contributed by atoms with Crippen LogP contribution in [0.4, 0.5) is 17.6 Å². The number of halogens is 4. The maximum atomic E-state index is 13.8. The number of para-hydroxylation sites is 2. The molecule has 8 atom stereocenters. The van der Waals surface area contributed by atoms with Crippen LogP contribution in [0, 0.1) is 44.0 Å². The lowest BCUT2D eigenvalue weighted by atomic mass is 9.97. The third-order valence-electron chi connectivity index (χ3n) is 21.1. The topological polar surface area (TPSA) is 262 Å². The minimum Gasteiger partial charge on any atom is -0.481 e. The molecule has 21 heteroatoms. The normalized spacial score (nSPS) is 15.4. The second-order valence-corrected chi connectivity index (χ2v) is 32.0. The Labute approximate surface area is 698 Å². The van der Waals surface area contributed by atoms with Crippen LogP contribution in [-0.2, 0) is 19.1 Å². The number of benzene rings is 8. The van der Waals surface area contributed by atoms with Gasteiger partial charge in [-0.1, -0.05) is 127 Å². The summed E-state index contributed by atoms with van der Waals surface area (Å²) in [6.45, 7) is 24.6. The number of aliphatic hydroxyl groups is 7. The van der Waals surface area contributed by atoms with Crippen molar-refractivity contribution < 1.29 is 82.6 Å². The Kier molecular flexibility index (Phi) is 31.2. The Hall–Kier alpha value is -11.3. The highest BCUT2D eigenvalue weighted by Crippen LogP contribution is 2.44. The van der Waals surface area contributed by atoms with Crippen LogP contribution in [0.2, 0.25) is 0 Å². The number of aliphatic hydroxyl groups excluding tert-OH is 7. The number of cyclic esters (lactones) is 1. The molecule has 120 heavy (non-hydrogen) atoms. The molecule has 0 radical (unpaired) electrons. The fourth-order valence-corrected chi connectivity index (χ4v) is 15.8. The average Bonchev–Trinajstić information content (AvgIpc) is 1.62. The molecule has 1 saturated heterocycles. The summed E-state index contributed by atoms with van der Waals surface area (Å²) >= 11 is 0. The molecule has 1 aliphatic heterocycles. The Morgan fingerprint density at radius 1 is 0.433 bits per heavy atom. The summed E-state index contributed by atoms with van der Waals surface area (Å²) in [6.07, 6.45) is 7.87. The number of carboxylic acids is 2. The summed E-state index contributed by atoms with van der Waals surface area (Å²) in [7, 11) is 0. The molecule has 0 unspecified atom stereocenters. The summed E-state index contributed by atoms with van der Waals surface area (Å²) in [5, 5.41) is 92.2. The van der Waals surface area contributed by atoms with Crippen molar-refractivity contribution in [3.63, 3.8) is 0 Å². The van der Waals surface area contributed by atoms with Crippen LogP contribution in [-0.4, -0.2) is 131 Å². The number of hydrogen-bond acceptors (Lipinski definition) is 11. The number of carbonyl (C=O) groups is 3. The van der Waals surface area contributed by atoms with E-state index in [1.807, 2.05) is 81.5 Å². The first-order chi connectivity index (χ1) is 57.1. The predicted molar refractivity (Wildman–Crippen MR) is 471 cm³/mol. The van der Waals surface area contributed by atoms with Gasteiger partial charge in [0, 0.05) is 138 Å². The summed E-state index contributed by atoms with van der Waals surface area (Å²) < 4.78 is 68.6. The van der Waals surface area contributed by atoms with Gasteiger partial charge in [0.05, 0.1) is 62.0 Å². The van der Waals surface area contributed by atoms with Crippen molar-refractivity contribution in [2.75, 3.05) is 0 Å². The summed E-state index contributed by atoms with van der Waals surface area (Å²) in [4.78, 5) is 33.2. The van der Waals surface area contributed by atoms with E-state index in [1.165, 1.54) is 48.5 Å². The minimum absolute atomic E-state index is 0.0384. The van der Waals surface area contributed by atoms with Gasteiger partial charge < -0.3 is 69.0 Å². The van der Waals surface area contributed by atoms with Crippen LogP contribution >= 0.6 is 0 Å². The number of aryl methyl sites for hydroxylation is 3. The zero-order chi connectivity index (χ0) is 87.1. The standard InChI is InChI=1S/2C25H28FNO4.C25H26FNO3.C24H28FNO2/c1-15(2)27-22-10-4-16(3)12-21(22)25(17-5-7-18(26)8-6-17)23(27)11-9-19(28)13-20(29)14-24(30)31;1-15(2)27-22-7-5-4-6-21(22)25(20-10-8-17(26)12-16(20)3)23(27)11-9-18(28)13-19(29)14-24(30)31;1-15(2)27-22-10-4-16(3)12-21(22)25(17-5-7-18(26)8-6-17)23(27)11-9-20-13-19(28)14-24(29)30-20;1-4-19(27)15-20(28)13-14-23-24(17-9-11-18(25)12-10-17)21-7-5-6-8-22(21)26(23)16(2)3/h4-12,15,19-20,28-29H,13-14H2,1-3H3,(H,30,31);4-12,15,18-19,28-29H,13-14H2,1-3H3,(H,30,31);4-12,15,19-20,28H,13-14H2,1-3H3;5-14,16,19-20,27-28H,4,15H2,1-3H3/b3*11-9+;14-13+/t19-,20-;18-,19-;19-,20-;19-,20+/m1110/s1. The monoisotopic (exact) mass is 1640 g/mol. The number of aliphatic carboxylic acids is 2. The van der Waals surface area contributed by atoms with E-state index < -0.39 is 73.6 Å². The number of aromatic nitrogens is 4. The molecule has 1 fully saturated rings. The van der Waals surface area contributed by atoms with Gasteiger partial charge in [-0.25, -0.2) is 17.6 Å². The summed E-state index contributed by atoms with van der Waals surface area (Å²) in [6, 6.07) is 53.4. The van der Waals surface area contributed by atoms with E-state index in [9.17, 15) is 67.7 Å². The lowest BCUT2D eigenvalue weighted by molar-refractivity contribution is -0.156. The van der Waals surface area contributed by atoms with Crippen molar-refractivity contribution in [1.82, 2.24) is 18.3 Å². The second-order valence-electron chi connectivity index (χ2n) is 32.0. The van der Waals surface area contributed by atoms with Gasteiger partial charge >= 0.3 is 17.9 Å². The molecule has 17 nitrogen and oxygen atoms in total. The molecule has 4 aromatic heterocycles. The molecule has 0 spiro atoms. The fraction of sp³-hybridized carbons (Fsp3) is 0.323. The van der Waals surface area contributed by atoms with Crippen LogP contribution in [0.5, 0.6) is 0 Å². The maximum Gasteiger partial charge on any atom is 0.309 e. The van der Waals surface area contributed by atoms with Gasteiger partial charge in [-0.05, 0) is 226 Å². The van der Waals surface area contributed by atoms with Gasteiger partial charge in [0.25, 0.3) is 0 Å². The average molecular weight is 1640 g/mol. The second kappa shape index (κ2) is 41.1. The number of nitrogens with zero attached hydrogens (tertiary/aromatic N) is 4. The van der Waals surface area contributed by atoms with E-state index in [4.69, 9.17) is 14.9 Å². The van der Waals surface area contributed by atoms with Crippen molar-refractivity contribution in [3.8, 4) is 44.5 Å². The number of fused-ring (bicyclic) bond motifs is 4. The first kappa shape index (κ1) is 91.0. The highest BCUT2D eigenvalue weighted by molar-refractivity contribution is 6.05. The fourth-order valence-electron chi connectivity index (χ4n) is 15.8. The van der Waals surface area contributed by atoms with Gasteiger partial charge in [-0.15, -0.1) is 0 Å². The van der Waals surface area contributed by atoms with Gasteiger partial charge in [-0.3, -0.25) is 14.4 Å². The Morgan fingerprint density at radius 3 is 1.14 bits per heavy atom. The smallest absolute Gasteiger partial charge is 0.309 e. The first-order valence-corrected chi connectivity index (χ1v) is 40.8. The Morgan fingerprint density at radius 2 is 0.775 bits per heavy atom. The molecule has 13 rings (SSSR count). The van der Waals surface area contributed by atoms with Crippen LogP contribution < -0.4 is 0 Å². The van der Waals surface area contributed by atoms with Crippen LogP contribution in [0.15, 0.2) is 200 Å². The van der Waals surface area contributed by atoms with E-state index in [2.05, 4.69) is 123 Å². The van der Waals surface area contributed by atoms with Crippen molar-refractivity contribution in [1.29, 1.82) is 0 Å². The molecule has 0 bridgehead atoms. The summed E-state index contributed by atoms with van der Waals surface area (Å²) in [5.41, 5.74) is 18.5. The molecule has 632 valence electrons. The molecular weight excluding hydrogens is 1530 g/mol. The van der Waals surface area contributed by atoms with Gasteiger partial charge in [0.2, 0.25) is 0 Å². The molecule has 0 amide bonds. The lowest BCUT2D eigenvalue weighted by Crippen LogP contribution is -2.31. The van der Waals surface area contributed by atoms with E-state index in [1.54, 1.807) is 72.8 Å². The van der Waals surface area contributed by atoms with Gasteiger partial charge in [0.1, 0.15) is 29.4 Å². The van der Waals surface area contributed by atoms with E-state index in [0.717, 1.165) is 128 Å². The van der Waals surface area contributed by atoms with E-state index in [0.29, 0.717) is 19.3 Å². The number of carboxylic acid groups (broad SMARTS) is 2. The zero-order valence-corrected chi connectivity index (χ0v) is 69.9. The molecule has 0 saturated carbocycles. The zero-order valence-electron chi connectivity index (χ0n) is 69.9. The van der Waals surface area contributed by atoms with Crippen LogP contribution in [0.1, 0.15) is 177 Å². The largest absolute Gasteiger partial charge is 0.481 e. The van der Waals surface area contributed by atoms with Gasteiger partial charge in [0.15, 0.2) is 0 Å². The number of esters is 1. The minimum atomic E-state index is -1.13. The first-order valence-electron chi connectivity index (χ1n) is 40.8. The van der Waals surface area contributed by atoms with Gasteiger partial charge in [-0.2, -0.15) is 0 Å². The molecule has 8 aromatic carbocycles. The van der Waals surface area contributed by atoms with E-state index in [-0.39, 0.29) is 72.7 Å². The number of carbonyl (C=O) groups excluding carboxylic acids is 1. The molecule has 9 N–H and O–H groups in total. The number of hydrogen-bond donors (Lipinski definition) is 9. The lowest BCUT2D eigenvalue weighted by Gasteiger charge is -2.23. The summed E-state index contributed by atoms with van der Waals surface area (Å²) in [5.74, 6) is -3.76. The maximum absolute atomic E-state index is 13.8. The molecule has 1 aliphatic rings. The third-order valence-corrected chi connectivity index (χ3v) is 21.1. The van der Waals surface area contributed by atoms with E-state index >= 15 is 0 Å². The van der Waals surface area contributed by atoms with Crippen molar-refractivity contribution >= 4 is 85.8 Å². The molecule has 12 aromatic rings. The molecule has 5 heterocycles. The van der Waals surface area contributed by atoms with Crippen LogP contribution in [0.3, 0.4) is 0 Å². The number of rotatable bonds is 27. The predicted octanol–water partition coefficient (Wildman–Crippen LogP) is 20.9. The van der Waals surface area contributed by atoms with Crippen molar-refractivity contribution in [2.24, 2.45) is 0 Å². The van der Waals surface area contributed by atoms with Crippen molar-refractivity contribution in [2.45, 2.75) is 207 Å². The molecular formula is C99H110F4N4O13. The Bertz CT molecular complexity index is 5670. The SMILES string of the molecule is CC[C@H](O)C[C@H](O)/C=C/c1c(-c2ccc(F)cc2)c2ccccc2n1C(C)C.Cc1cc(F)ccc1-c1c(/C=C/[C@@H](O)C[C@@H](O)CC(=O)O)n(C(C)C)c2ccccc12.Cc1ccc2c(c1)c(-c1ccc(F)cc1)c(/C=C/[C@@H](O)C[C@@H](O)CC(=O)O)n2C(C)C.Cc1ccc2c(c1)c(-c1ccc(F)cc1)c(/C=C/[C@@H]1C[C@@H](O)CC(=O)O1)n2C(C)C. The number of ether oxygens (including phenoxy) is 1. The quantitative estimate of drug-likeness (QED) is 0.0172. The van der Waals surface area contributed by atoms with Crippen molar-refractivity contribution in [3.05, 3.63) is 263 Å². The Balaban J connectivity index is 0.000000168. The highest BCUT2D eigenvalue weighted by Gasteiger charge is 2.29. The van der Waals surface area contributed by atoms with Crippen LogP contribution in [0.25, 0.3) is 112 Å². The third kappa shape index (κ3) is 22.6.